The maximum absolute atomic E-state index is 12.4. The van der Waals surface area contributed by atoms with Crippen LogP contribution >= 0.6 is 11.5 Å². The molecule has 0 spiro atoms. The molecule has 2 rings (SSSR count). The molecule has 106 valence electrons. The minimum atomic E-state index is -4.57. The molecule has 9 heteroatoms. The molecule has 1 N–H and O–H groups in total. The minimum absolute atomic E-state index is 0.0908. The second-order valence-corrected chi connectivity index (χ2v) is 5.41. The number of anilines is 1. The highest BCUT2D eigenvalue weighted by atomic mass is 32.1. The van der Waals surface area contributed by atoms with Gasteiger partial charge in [-0.3, -0.25) is 4.79 Å². The standard InChI is InChI=1S/C10H12F3N3O2S/c1-5-2-6(7(17)18)4-16(3-5)9-14-8(15-19-9)10(11,12)13/h5-6H,2-4H2,1H3,(H,17,18). The van der Waals surface area contributed by atoms with Crippen LogP contribution in [0.3, 0.4) is 0 Å². The maximum atomic E-state index is 12.4. The van der Waals surface area contributed by atoms with Crippen molar-refractivity contribution in [3.63, 3.8) is 0 Å². The maximum Gasteiger partial charge on any atom is 0.452 e. The van der Waals surface area contributed by atoms with Gasteiger partial charge in [-0.25, -0.2) is 0 Å². The molecule has 2 heterocycles. The second kappa shape index (κ2) is 4.95. The van der Waals surface area contributed by atoms with E-state index in [0.29, 0.717) is 24.5 Å². The number of nitrogens with zero attached hydrogens (tertiary/aromatic N) is 3. The van der Waals surface area contributed by atoms with Gasteiger partial charge in [-0.2, -0.15) is 22.5 Å². The highest BCUT2D eigenvalue weighted by Gasteiger charge is 2.38. The molecule has 1 aliphatic heterocycles. The van der Waals surface area contributed by atoms with Gasteiger partial charge in [-0.05, 0) is 12.3 Å². The fourth-order valence-electron chi connectivity index (χ4n) is 2.15. The van der Waals surface area contributed by atoms with Crippen molar-refractivity contribution < 1.29 is 23.1 Å². The van der Waals surface area contributed by atoms with Crippen molar-refractivity contribution in [1.29, 1.82) is 0 Å². The number of carboxylic acids is 1. The monoisotopic (exact) mass is 295 g/mol. The van der Waals surface area contributed by atoms with Crippen LogP contribution in [0.5, 0.6) is 0 Å². The van der Waals surface area contributed by atoms with Crippen LogP contribution in [0.1, 0.15) is 19.2 Å². The predicted molar refractivity (Wildman–Crippen MR) is 62.0 cm³/mol. The first-order chi connectivity index (χ1) is 8.77. The zero-order chi connectivity index (χ0) is 14.2. The Kier molecular flexibility index (Phi) is 3.66. The first-order valence-corrected chi connectivity index (χ1v) is 6.43. The van der Waals surface area contributed by atoms with E-state index in [0.717, 1.165) is 0 Å². The van der Waals surface area contributed by atoms with Crippen LogP contribution in [0.4, 0.5) is 18.3 Å². The summed E-state index contributed by atoms with van der Waals surface area (Å²) in [5.74, 6) is -2.59. The van der Waals surface area contributed by atoms with Crippen LogP contribution in [-0.4, -0.2) is 33.5 Å². The molecule has 0 amide bonds. The summed E-state index contributed by atoms with van der Waals surface area (Å²) in [4.78, 5) is 16.0. The zero-order valence-corrected chi connectivity index (χ0v) is 10.8. The molecule has 19 heavy (non-hydrogen) atoms. The quantitative estimate of drug-likeness (QED) is 0.905. The number of aliphatic carboxylic acids is 1. The molecular weight excluding hydrogens is 283 g/mol. The van der Waals surface area contributed by atoms with Crippen molar-refractivity contribution >= 4 is 22.6 Å². The van der Waals surface area contributed by atoms with Crippen LogP contribution in [0.15, 0.2) is 0 Å². The molecule has 0 bridgehead atoms. The third-order valence-corrected chi connectivity index (χ3v) is 3.73. The van der Waals surface area contributed by atoms with Crippen molar-refractivity contribution in [2.75, 3.05) is 18.0 Å². The number of carbonyl (C=O) groups is 1. The molecular formula is C10H12F3N3O2S. The Morgan fingerprint density at radius 1 is 1.47 bits per heavy atom. The molecule has 1 saturated heterocycles. The van der Waals surface area contributed by atoms with Gasteiger partial charge in [0.1, 0.15) is 0 Å². The van der Waals surface area contributed by atoms with Gasteiger partial charge < -0.3 is 10.0 Å². The molecule has 1 aromatic heterocycles. The summed E-state index contributed by atoms with van der Waals surface area (Å²) in [6.07, 6.45) is -4.04. The third-order valence-electron chi connectivity index (χ3n) is 2.95. The second-order valence-electron chi connectivity index (χ2n) is 4.68. The SMILES string of the molecule is CC1CC(C(=O)O)CN(c2nc(C(F)(F)F)ns2)C1. The first kappa shape index (κ1) is 14.0. The molecule has 2 unspecified atom stereocenters. The highest BCUT2D eigenvalue weighted by Crippen LogP contribution is 2.32. The molecule has 5 nitrogen and oxygen atoms in total. The lowest BCUT2D eigenvalue weighted by atomic mass is 9.91. The summed E-state index contributed by atoms with van der Waals surface area (Å²) in [5.41, 5.74) is 0. The number of aromatic nitrogens is 2. The van der Waals surface area contributed by atoms with Gasteiger partial charge in [0.05, 0.1) is 5.92 Å². The lowest BCUT2D eigenvalue weighted by molar-refractivity contribution is -0.144. The van der Waals surface area contributed by atoms with E-state index in [4.69, 9.17) is 5.11 Å². The van der Waals surface area contributed by atoms with Crippen LogP contribution in [0, 0.1) is 11.8 Å². The first-order valence-electron chi connectivity index (χ1n) is 5.66. The lowest BCUT2D eigenvalue weighted by Crippen LogP contribution is -2.42. The highest BCUT2D eigenvalue weighted by molar-refractivity contribution is 7.09. The molecule has 0 aliphatic carbocycles. The largest absolute Gasteiger partial charge is 0.481 e. The molecule has 0 saturated carbocycles. The molecule has 1 fully saturated rings. The van der Waals surface area contributed by atoms with E-state index < -0.39 is 23.9 Å². The van der Waals surface area contributed by atoms with Crippen molar-refractivity contribution in [2.45, 2.75) is 19.5 Å². The number of hydrogen-bond acceptors (Lipinski definition) is 5. The fourth-order valence-corrected chi connectivity index (χ4v) is 2.85. The molecule has 1 aromatic rings. The number of hydrogen-bond donors (Lipinski definition) is 1. The Hall–Kier alpha value is -1.38. The number of piperidine rings is 1. The number of carboxylic acid groups (broad SMARTS) is 1. The van der Waals surface area contributed by atoms with Gasteiger partial charge in [0, 0.05) is 24.6 Å². The summed E-state index contributed by atoms with van der Waals surface area (Å²) in [5, 5.41) is 9.15. The van der Waals surface area contributed by atoms with Gasteiger partial charge in [0.25, 0.3) is 0 Å². The summed E-state index contributed by atoms with van der Waals surface area (Å²) in [7, 11) is 0. The van der Waals surface area contributed by atoms with E-state index in [-0.39, 0.29) is 17.6 Å². The average Bonchev–Trinajstić information content (AvgIpc) is 2.76. The summed E-state index contributed by atoms with van der Waals surface area (Å²) >= 11 is 0.651. The summed E-state index contributed by atoms with van der Waals surface area (Å²) < 4.78 is 40.5. The Balaban J connectivity index is 2.17. The van der Waals surface area contributed by atoms with Gasteiger partial charge in [-0.1, -0.05) is 6.92 Å². The number of rotatable bonds is 2. The van der Waals surface area contributed by atoms with Crippen molar-refractivity contribution in [3.05, 3.63) is 5.82 Å². The van der Waals surface area contributed by atoms with Crippen LogP contribution in [-0.2, 0) is 11.0 Å². The molecule has 2 atom stereocenters. The van der Waals surface area contributed by atoms with Crippen molar-refractivity contribution in [3.8, 4) is 0 Å². The predicted octanol–water partition coefficient (Wildman–Crippen LogP) is 2.10. The Bertz CT molecular complexity index is 477. The number of halogens is 3. The van der Waals surface area contributed by atoms with Gasteiger partial charge in [0.2, 0.25) is 11.0 Å². The Labute approximate surface area is 111 Å². The van der Waals surface area contributed by atoms with Crippen molar-refractivity contribution in [2.24, 2.45) is 11.8 Å². The van der Waals surface area contributed by atoms with Gasteiger partial charge in [0.15, 0.2) is 0 Å². The van der Waals surface area contributed by atoms with Crippen LogP contribution in [0.2, 0.25) is 0 Å². The van der Waals surface area contributed by atoms with E-state index in [1.807, 2.05) is 6.92 Å². The smallest absolute Gasteiger partial charge is 0.452 e. The Morgan fingerprint density at radius 2 is 2.16 bits per heavy atom. The van der Waals surface area contributed by atoms with Gasteiger partial charge in [-0.15, -0.1) is 0 Å². The van der Waals surface area contributed by atoms with E-state index in [1.165, 1.54) is 0 Å². The number of alkyl halides is 3. The lowest BCUT2D eigenvalue weighted by Gasteiger charge is -2.34. The molecule has 0 radical (unpaired) electrons. The van der Waals surface area contributed by atoms with Crippen LogP contribution in [0.25, 0.3) is 0 Å². The van der Waals surface area contributed by atoms with Gasteiger partial charge >= 0.3 is 12.1 Å². The summed E-state index contributed by atoms with van der Waals surface area (Å²) in [6, 6.07) is 0. The van der Waals surface area contributed by atoms with E-state index >= 15 is 0 Å². The summed E-state index contributed by atoms with van der Waals surface area (Å²) in [6.45, 7) is 2.54. The van der Waals surface area contributed by atoms with Crippen LogP contribution < -0.4 is 4.90 Å². The van der Waals surface area contributed by atoms with Crippen molar-refractivity contribution in [1.82, 2.24) is 9.36 Å². The normalized spacial score (nSPS) is 24.5. The fraction of sp³-hybridized carbons (Fsp3) is 0.700. The average molecular weight is 295 g/mol. The minimum Gasteiger partial charge on any atom is -0.481 e. The van der Waals surface area contributed by atoms with E-state index in [1.54, 1.807) is 4.90 Å². The molecule has 0 aromatic carbocycles. The topological polar surface area (TPSA) is 66.3 Å². The van der Waals surface area contributed by atoms with E-state index in [9.17, 15) is 18.0 Å². The molecule has 1 aliphatic rings. The van der Waals surface area contributed by atoms with E-state index in [2.05, 4.69) is 9.36 Å². The third kappa shape index (κ3) is 3.14. The Morgan fingerprint density at radius 3 is 2.68 bits per heavy atom. The zero-order valence-electron chi connectivity index (χ0n) is 10.0.